The molecule has 1 aliphatic rings. The van der Waals surface area contributed by atoms with Crippen LogP contribution in [0.3, 0.4) is 0 Å². The number of fused-ring (bicyclic) bond motifs is 4. The number of amides is 1. The van der Waals surface area contributed by atoms with Crippen molar-refractivity contribution in [2.75, 3.05) is 11.4 Å². The molecule has 2 aromatic heterocycles. The van der Waals surface area contributed by atoms with Crippen LogP contribution in [0.4, 0.5) is 5.69 Å². The number of aryl methyl sites for hydroxylation is 1. The van der Waals surface area contributed by atoms with Crippen molar-refractivity contribution in [3.05, 3.63) is 70.1 Å². The van der Waals surface area contributed by atoms with Gasteiger partial charge in [0.15, 0.2) is 0 Å². The highest BCUT2D eigenvalue weighted by molar-refractivity contribution is 7.26. The maximum absolute atomic E-state index is 13.5. The van der Waals surface area contributed by atoms with Crippen molar-refractivity contribution in [3.63, 3.8) is 0 Å². The van der Waals surface area contributed by atoms with Crippen molar-refractivity contribution < 1.29 is 4.79 Å². The molecule has 0 spiro atoms. The Morgan fingerprint density at radius 1 is 1.17 bits per heavy atom. The second-order valence-corrected chi connectivity index (χ2v) is 8.48. The van der Waals surface area contributed by atoms with E-state index < -0.39 is 6.04 Å². The fraction of sp³-hybridized carbons (Fsp3) is 0.261. The molecule has 0 saturated heterocycles. The molecule has 0 radical (unpaired) electrons. The van der Waals surface area contributed by atoms with Gasteiger partial charge in [-0.2, -0.15) is 5.10 Å². The van der Waals surface area contributed by atoms with E-state index in [0.717, 1.165) is 32.6 Å². The Balaban J connectivity index is 1.66. The number of hydrogen-bond acceptors (Lipinski definition) is 4. The molecule has 2 aromatic carbocycles. The largest absolute Gasteiger partial charge is 0.310 e. The van der Waals surface area contributed by atoms with Crippen LogP contribution in [0, 0.1) is 6.92 Å². The maximum Gasteiger partial charge on any atom is 0.276 e. The third kappa shape index (κ3) is 2.70. The molecule has 1 unspecified atom stereocenters. The number of anilines is 1. The van der Waals surface area contributed by atoms with Crippen molar-refractivity contribution in [1.82, 2.24) is 9.78 Å². The van der Waals surface area contributed by atoms with E-state index in [-0.39, 0.29) is 11.5 Å². The summed E-state index contributed by atoms with van der Waals surface area (Å²) in [7, 11) is 0. The summed E-state index contributed by atoms with van der Waals surface area (Å²) in [5.74, 6) is -0.0645. The zero-order chi connectivity index (χ0) is 20.1. The van der Waals surface area contributed by atoms with E-state index in [1.807, 2.05) is 61.2 Å². The van der Waals surface area contributed by atoms with Crippen LogP contribution in [-0.4, -0.2) is 22.2 Å². The molecule has 5 rings (SSSR count). The first kappa shape index (κ1) is 18.1. The van der Waals surface area contributed by atoms with Gasteiger partial charge in [-0.05, 0) is 37.5 Å². The molecular weight excluding hydrogens is 382 g/mol. The van der Waals surface area contributed by atoms with E-state index >= 15 is 0 Å². The summed E-state index contributed by atoms with van der Waals surface area (Å²) in [6.07, 6.45) is 1.35. The highest BCUT2D eigenvalue weighted by Crippen LogP contribution is 2.34. The fourth-order valence-electron chi connectivity index (χ4n) is 4.29. The van der Waals surface area contributed by atoms with Crippen LogP contribution in [0.25, 0.3) is 20.2 Å². The van der Waals surface area contributed by atoms with Gasteiger partial charge in [-0.1, -0.05) is 43.3 Å². The van der Waals surface area contributed by atoms with E-state index in [1.165, 1.54) is 10.2 Å². The number of carbonyl (C=O) groups excluding carboxylic acids is 1. The maximum atomic E-state index is 13.5. The lowest BCUT2D eigenvalue weighted by Gasteiger charge is -2.24. The van der Waals surface area contributed by atoms with Crippen LogP contribution < -0.4 is 10.5 Å². The first-order valence-corrected chi connectivity index (χ1v) is 10.7. The van der Waals surface area contributed by atoms with Crippen LogP contribution >= 0.6 is 11.3 Å². The summed E-state index contributed by atoms with van der Waals surface area (Å²) in [4.78, 5) is 28.7. The normalized spacial score (nSPS) is 14.5. The van der Waals surface area contributed by atoms with Crippen molar-refractivity contribution >= 4 is 43.1 Å². The van der Waals surface area contributed by atoms with E-state index in [9.17, 15) is 9.59 Å². The predicted octanol–water partition coefficient (Wildman–Crippen LogP) is 4.46. The summed E-state index contributed by atoms with van der Waals surface area (Å²) in [5, 5.41) is 6.19. The minimum Gasteiger partial charge on any atom is -0.310 e. The smallest absolute Gasteiger partial charge is 0.276 e. The molecule has 0 N–H and O–H groups in total. The number of hydrogen-bond donors (Lipinski definition) is 0. The van der Waals surface area contributed by atoms with Crippen LogP contribution in [0.5, 0.6) is 0 Å². The number of carbonyl (C=O) groups is 1. The fourth-order valence-corrected chi connectivity index (χ4v) is 5.42. The second kappa shape index (κ2) is 6.81. The summed E-state index contributed by atoms with van der Waals surface area (Å²) in [5.41, 5.74) is 2.72. The van der Waals surface area contributed by atoms with Crippen molar-refractivity contribution in [1.29, 1.82) is 0 Å². The topological polar surface area (TPSA) is 55.2 Å². The lowest BCUT2D eigenvalue weighted by molar-refractivity contribution is -0.122. The highest BCUT2D eigenvalue weighted by Gasteiger charge is 2.32. The van der Waals surface area contributed by atoms with Gasteiger partial charge in [0.25, 0.3) is 11.5 Å². The molecule has 146 valence electrons. The molecule has 5 nitrogen and oxygen atoms in total. The monoisotopic (exact) mass is 403 g/mol. The van der Waals surface area contributed by atoms with Crippen molar-refractivity contribution in [2.24, 2.45) is 0 Å². The molecule has 0 bridgehead atoms. The first-order chi connectivity index (χ1) is 14.1. The van der Waals surface area contributed by atoms with Gasteiger partial charge in [0.05, 0.1) is 15.8 Å². The molecular formula is C23H21N3O2S. The lowest BCUT2D eigenvalue weighted by Crippen LogP contribution is -2.40. The number of benzene rings is 2. The molecule has 0 saturated carbocycles. The average Bonchev–Trinajstić information content (AvgIpc) is 3.34. The number of thiophene rings is 1. The summed E-state index contributed by atoms with van der Waals surface area (Å²) in [6, 6.07) is 15.3. The Kier molecular flexibility index (Phi) is 4.24. The highest BCUT2D eigenvalue weighted by atomic mass is 32.1. The summed E-state index contributed by atoms with van der Waals surface area (Å²) >= 11 is 1.58. The number of rotatable bonds is 3. The van der Waals surface area contributed by atoms with Gasteiger partial charge in [-0.3, -0.25) is 9.59 Å². The molecule has 0 fully saturated rings. The Labute approximate surface area is 172 Å². The zero-order valence-electron chi connectivity index (χ0n) is 16.4. The molecule has 3 heterocycles. The van der Waals surface area contributed by atoms with Gasteiger partial charge in [-0.25, -0.2) is 4.68 Å². The Morgan fingerprint density at radius 3 is 2.76 bits per heavy atom. The Morgan fingerprint density at radius 2 is 1.93 bits per heavy atom. The van der Waals surface area contributed by atoms with Crippen LogP contribution in [0.1, 0.15) is 30.6 Å². The molecule has 1 amide bonds. The number of para-hydroxylation sites is 1. The van der Waals surface area contributed by atoms with Gasteiger partial charge in [0.1, 0.15) is 6.04 Å². The number of aromatic nitrogens is 2. The average molecular weight is 404 g/mol. The minimum absolute atomic E-state index is 0.0645. The molecule has 29 heavy (non-hydrogen) atoms. The van der Waals surface area contributed by atoms with E-state index in [2.05, 4.69) is 11.2 Å². The molecule has 1 atom stereocenters. The van der Waals surface area contributed by atoms with Gasteiger partial charge in [0.2, 0.25) is 0 Å². The van der Waals surface area contributed by atoms with Gasteiger partial charge < -0.3 is 4.90 Å². The SMILES string of the molecule is CCC(C(=O)N1CCc2ccccc21)n1nc(C)c2sc3ccccc3c2c1=O. The molecule has 6 heteroatoms. The van der Waals surface area contributed by atoms with Crippen molar-refractivity contribution in [3.8, 4) is 0 Å². The van der Waals surface area contributed by atoms with Gasteiger partial charge in [0, 0.05) is 22.3 Å². The minimum atomic E-state index is -0.615. The standard InChI is InChI=1S/C23H21N3O2S/c1-3-17(22(27)25-13-12-15-8-4-6-10-18(15)25)26-23(28)20-16-9-5-7-11-19(16)29-21(20)14(2)24-26/h4-11,17H,3,12-13H2,1-2H3. The Hall–Kier alpha value is -2.99. The Bertz CT molecular complexity index is 1320. The summed E-state index contributed by atoms with van der Waals surface area (Å²) < 4.78 is 3.39. The first-order valence-electron chi connectivity index (χ1n) is 9.90. The molecule has 4 aromatic rings. The summed E-state index contributed by atoms with van der Waals surface area (Å²) in [6.45, 7) is 4.49. The third-order valence-corrected chi connectivity index (χ3v) is 7.00. The van der Waals surface area contributed by atoms with Crippen LogP contribution in [0.2, 0.25) is 0 Å². The third-order valence-electron chi connectivity index (χ3n) is 5.72. The predicted molar refractivity (Wildman–Crippen MR) is 118 cm³/mol. The zero-order valence-corrected chi connectivity index (χ0v) is 17.2. The van der Waals surface area contributed by atoms with Crippen molar-refractivity contribution in [2.45, 2.75) is 32.7 Å². The van der Waals surface area contributed by atoms with Gasteiger partial charge in [-0.15, -0.1) is 11.3 Å². The van der Waals surface area contributed by atoms with Crippen LogP contribution in [-0.2, 0) is 11.2 Å². The number of nitrogens with zero attached hydrogens (tertiary/aromatic N) is 3. The van der Waals surface area contributed by atoms with E-state index in [4.69, 9.17) is 0 Å². The van der Waals surface area contributed by atoms with E-state index in [1.54, 1.807) is 11.3 Å². The lowest BCUT2D eigenvalue weighted by atomic mass is 10.1. The quantitative estimate of drug-likeness (QED) is 0.507. The molecule has 0 aliphatic carbocycles. The van der Waals surface area contributed by atoms with E-state index in [0.29, 0.717) is 18.4 Å². The van der Waals surface area contributed by atoms with Gasteiger partial charge >= 0.3 is 0 Å². The second-order valence-electron chi connectivity index (χ2n) is 7.43. The molecule has 1 aliphatic heterocycles. The van der Waals surface area contributed by atoms with Crippen LogP contribution in [0.15, 0.2) is 53.3 Å².